The van der Waals surface area contributed by atoms with Gasteiger partial charge in [0.2, 0.25) is 0 Å². The molecule has 2 fully saturated rings. The topological polar surface area (TPSA) is 26.7 Å². The molecule has 1 aliphatic heterocycles. The van der Waals surface area contributed by atoms with E-state index in [1.165, 1.54) is 31.5 Å². The Kier molecular flexibility index (Phi) is 4.57. The van der Waals surface area contributed by atoms with Crippen molar-refractivity contribution in [3.63, 3.8) is 0 Å². The summed E-state index contributed by atoms with van der Waals surface area (Å²) in [5.41, 5.74) is 1.67. The third-order valence-corrected chi connectivity index (χ3v) is 4.70. The van der Waals surface area contributed by atoms with Gasteiger partial charge in [0, 0.05) is 39.3 Å². The fraction of sp³-hybridized carbons (Fsp3) is 0.647. The second-order valence-corrected chi connectivity index (χ2v) is 6.56. The summed E-state index contributed by atoms with van der Waals surface area (Å²) in [7, 11) is 0. The van der Waals surface area contributed by atoms with E-state index in [4.69, 9.17) is 0 Å². The second kappa shape index (κ2) is 6.42. The average molecular weight is 292 g/mol. The van der Waals surface area contributed by atoms with Crippen LogP contribution in [0.15, 0.2) is 18.2 Å². The van der Waals surface area contributed by atoms with Gasteiger partial charge in [0.1, 0.15) is 5.82 Å². The molecule has 0 bridgehead atoms. The predicted octanol–water partition coefficient (Wildman–Crippen LogP) is 2.20. The van der Waals surface area contributed by atoms with Gasteiger partial charge in [-0.25, -0.2) is 4.39 Å². The van der Waals surface area contributed by atoms with E-state index >= 15 is 0 Å². The van der Waals surface area contributed by atoms with E-state index in [1.54, 1.807) is 6.07 Å². The summed E-state index contributed by atoms with van der Waals surface area (Å²) in [4.78, 5) is 4.86. The number of β-amino-alcohol motifs (C(OH)–C–C–N with tert-alkyl or cyclic N) is 1. The standard InChI is InChI=1S/C17H25FN2O/c1-13-10-15(18)4-5-16(13)17(21)12-20-8-6-19(7-9-20)11-14-2-3-14/h4-5,10,14,17,21H,2-3,6-9,11-12H2,1H3. The Morgan fingerprint density at radius 1 is 1.19 bits per heavy atom. The van der Waals surface area contributed by atoms with Gasteiger partial charge in [-0.05, 0) is 48.9 Å². The fourth-order valence-electron chi connectivity index (χ4n) is 3.18. The lowest BCUT2D eigenvalue weighted by atomic mass is 10.0. The number of aliphatic hydroxyl groups excluding tert-OH is 1. The van der Waals surface area contributed by atoms with Crippen molar-refractivity contribution in [1.29, 1.82) is 0 Å². The van der Waals surface area contributed by atoms with Gasteiger partial charge in [-0.15, -0.1) is 0 Å². The molecule has 116 valence electrons. The molecule has 3 rings (SSSR count). The van der Waals surface area contributed by atoms with Crippen LogP contribution in [0, 0.1) is 18.7 Å². The van der Waals surface area contributed by atoms with Crippen LogP contribution >= 0.6 is 0 Å². The van der Waals surface area contributed by atoms with Crippen molar-refractivity contribution in [2.75, 3.05) is 39.3 Å². The van der Waals surface area contributed by atoms with Crippen LogP contribution in [-0.4, -0.2) is 54.2 Å². The van der Waals surface area contributed by atoms with Crippen LogP contribution in [0.1, 0.15) is 30.1 Å². The maximum Gasteiger partial charge on any atom is 0.123 e. The van der Waals surface area contributed by atoms with Crippen molar-refractivity contribution in [2.24, 2.45) is 5.92 Å². The van der Waals surface area contributed by atoms with E-state index in [1.807, 2.05) is 6.92 Å². The summed E-state index contributed by atoms with van der Waals surface area (Å²) < 4.78 is 13.1. The molecule has 1 unspecified atom stereocenters. The smallest absolute Gasteiger partial charge is 0.123 e. The molecule has 0 aromatic heterocycles. The molecule has 1 aromatic rings. The van der Waals surface area contributed by atoms with Crippen molar-refractivity contribution in [2.45, 2.75) is 25.9 Å². The molecule has 1 aliphatic carbocycles. The molecule has 4 heteroatoms. The van der Waals surface area contributed by atoms with Gasteiger partial charge in [-0.3, -0.25) is 4.90 Å². The maximum atomic E-state index is 13.1. The first kappa shape index (κ1) is 14.9. The highest BCUT2D eigenvalue weighted by atomic mass is 19.1. The van der Waals surface area contributed by atoms with Gasteiger partial charge in [0.25, 0.3) is 0 Å². The number of piperazine rings is 1. The van der Waals surface area contributed by atoms with Crippen LogP contribution in [0.4, 0.5) is 4.39 Å². The summed E-state index contributed by atoms with van der Waals surface area (Å²) in [5, 5.41) is 10.4. The van der Waals surface area contributed by atoms with Crippen molar-refractivity contribution < 1.29 is 9.50 Å². The zero-order chi connectivity index (χ0) is 14.8. The summed E-state index contributed by atoms with van der Waals surface area (Å²) in [5.74, 6) is 0.709. The third-order valence-electron chi connectivity index (χ3n) is 4.70. The van der Waals surface area contributed by atoms with E-state index in [9.17, 15) is 9.50 Å². The minimum absolute atomic E-state index is 0.239. The van der Waals surface area contributed by atoms with E-state index < -0.39 is 6.10 Å². The lowest BCUT2D eigenvalue weighted by molar-refractivity contribution is 0.0707. The largest absolute Gasteiger partial charge is 0.387 e. The molecule has 1 N–H and O–H groups in total. The normalized spacial score (nSPS) is 22.4. The number of aryl methyl sites for hydroxylation is 1. The number of hydrogen-bond donors (Lipinski definition) is 1. The Bertz CT molecular complexity index is 482. The summed E-state index contributed by atoms with van der Waals surface area (Å²) in [6.45, 7) is 8.00. The lowest BCUT2D eigenvalue weighted by Crippen LogP contribution is -2.48. The highest BCUT2D eigenvalue weighted by molar-refractivity contribution is 5.28. The van der Waals surface area contributed by atoms with Crippen molar-refractivity contribution >= 4 is 0 Å². The number of benzene rings is 1. The van der Waals surface area contributed by atoms with Gasteiger partial charge < -0.3 is 10.0 Å². The molecule has 2 aliphatic rings. The first-order valence-electron chi connectivity index (χ1n) is 8.00. The highest BCUT2D eigenvalue weighted by Gasteiger charge is 2.27. The molecule has 1 saturated carbocycles. The van der Waals surface area contributed by atoms with Crippen LogP contribution in [-0.2, 0) is 0 Å². The van der Waals surface area contributed by atoms with Crippen LogP contribution in [0.25, 0.3) is 0 Å². The number of halogens is 1. The molecule has 1 heterocycles. The van der Waals surface area contributed by atoms with Crippen molar-refractivity contribution in [3.8, 4) is 0 Å². The van der Waals surface area contributed by atoms with Gasteiger partial charge in [-0.1, -0.05) is 6.07 Å². The first-order valence-corrected chi connectivity index (χ1v) is 8.00. The van der Waals surface area contributed by atoms with E-state index in [-0.39, 0.29) is 5.82 Å². The zero-order valence-corrected chi connectivity index (χ0v) is 12.8. The molecule has 1 aromatic carbocycles. The fourth-order valence-corrected chi connectivity index (χ4v) is 3.18. The monoisotopic (exact) mass is 292 g/mol. The Balaban J connectivity index is 1.49. The second-order valence-electron chi connectivity index (χ2n) is 6.56. The van der Waals surface area contributed by atoms with Gasteiger partial charge in [-0.2, -0.15) is 0 Å². The van der Waals surface area contributed by atoms with Gasteiger partial charge in [0.05, 0.1) is 6.10 Å². The molecule has 0 amide bonds. The third kappa shape index (κ3) is 4.02. The minimum Gasteiger partial charge on any atom is -0.387 e. The molecule has 21 heavy (non-hydrogen) atoms. The molecule has 1 atom stereocenters. The first-order chi connectivity index (χ1) is 10.1. The summed E-state index contributed by atoms with van der Waals surface area (Å²) in [6, 6.07) is 4.63. The Morgan fingerprint density at radius 3 is 2.48 bits per heavy atom. The Hall–Kier alpha value is -0.970. The Morgan fingerprint density at radius 2 is 1.86 bits per heavy atom. The number of nitrogens with zero attached hydrogens (tertiary/aromatic N) is 2. The quantitative estimate of drug-likeness (QED) is 0.901. The average Bonchev–Trinajstić information content (AvgIpc) is 3.25. The highest BCUT2D eigenvalue weighted by Crippen LogP contribution is 2.30. The molecule has 1 saturated heterocycles. The van der Waals surface area contributed by atoms with Crippen LogP contribution in [0.3, 0.4) is 0 Å². The van der Waals surface area contributed by atoms with Crippen LogP contribution in [0.2, 0.25) is 0 Å². The Labute approximate surface area is 126 Å². The minimum atomic E-state index is -0.527. The van der Waals surface area contributed by atoms with Crippen molar-refractivity contribution in [3.05, 3.63) is 35.1 Å². The SMILES string of the molecule is Cc1cc(F)ccc1C(O)CN1CCN(CC2CC2)CC1. The molecule has 0 radical (unpaired) electrons. The molecule has 3 nitrogen and oxygen atoms in total. The van der Waals surface area contributed by atoms with E-state index in [2.05, 4.69) is 9.80 Å². The van der Waals surface area contributed by atoms with Crippen LogP contribution in [0.5, 0.6) is 0 Å². The number of hydrogen-bond acceptors (Lipinski definition) is 3. The van der Waals surface area contributed by atoms with Crippen LogP contribution < -0.4 is 0 Å². The summed E-state index contributed by atoms with van der Waals surface area (Å²) in [6.07, 6.45) is 2.28. The van der Waals surface area contributed by atoms with Gasteiger partial charge >= 0.3 is 0 Å². The number of aliphatic hydroxyl groups is 1. The summed E-state index contributed by atoms with van der Waals surface area (Å²) >= 11 is 0. The lowest BCUT2D eigenvalue weighted by Gasteiger charge is -2.35. The molecular weight excluding hydrogens is 267 g/mol. The maximum absolute atomic E-state index is 13.1. The van der Waals surface area contributed by atoms with E-state index in [0.717, 1.165) is 43.2 Å². The predicted molar refractivity (Wildman–Crippen MR) is 81.7 cm³/mol. The number of rotatable bonds is 5. The zero-order valence-electron chi connectivity index (χ0n) is 12.8. The van der Waals surface area contributed by atoms with Gasteiger partial charge in [0.15, 0.2) is 0 Å². The molecular formula is C17H25FN2O. The van der Waals surface area contributed by atoms with Crippen molar-refractivity contribution in [1.82, 2.24) is 9.80 Å². The molecule has 0 spiro atoms. The van der Waals surface area contributed by atoms with E-state index in [0.29, 0.717) is 6.54 Å².